The molecule has 3 nitrogen and oxygen atoms in total. The van der Waals surface area contributed by atoms with Crippen molar-refractivity contribution in [1.29, 1.82) is 0 Å². The van der Waals surface area contributed by atoms with Gasteiger partial charge in [-0.25, -0.2) is 0 Å². The van der Waals surface area contributed by atoms with Crippen LogP contribution in [-0.4, -0.2) is 34.7 Å². The number of aromatic hydroxyl groups is 2. The van der Waals surface area contributed by atoms with E-state index >= 15 is 0 Å². The van der Waals surface area contributed by atoms with Crippen molar-refractivity contribution in [2.24, 2.45) is 0 Å². The average Bonchev–Trinajstić information content (AvgIpc) is 2.58. The molecular weight excluding hydrogens is 286 g/mol. The topological polar surface area (TPSA) is 43.7 Å². The highest BCUT2D eigenvalue weighted by atomic mass is 16.3. The van der Waals surface area contributed by atoms with E-state index in [1.54, 1.807) is 12.1 Å². The Balaban J connectivity index is 1.88. The van der Waals surface area contributed by atoms with E-state index in [2.05, 4.69) is 42.2 Å². The number of rotatable bonds is 9. The monoisotopic (exact) mass is 313 g/mol. The van der Waals surface area contributed by atoms with Crippen LogP contribution in [0.2, 0.25) is 0 Å². The predicted molar refractivity (Wildman–Crippen MR) is 95.0 cm³/mol. The Morgan fingerprint density at radius 1 is 0.783 bits per heavy atom. The molecule has 2 aromatic carbocycles. The van der Waals surface area contributed by atoms with Gasteiger partial charge in [-0.2, -0.15) is 0 Å². The van der Waals surface area contributed by atoms with Crippen molar-refractivity contribution in [3.8, 4) is 11.5 Å². The van der Waals surface area contributed by atoms with Crippen LogP contribution < -0.4 is 0 Å². The van der Waals surface area contributed by atoms with E-state index in [0.29, 0.717) is 0 Å². The van der Waals surface area contributed by atoms with Crippen molar-refractivity contribution < 1.29 is 10.2 Å². The Hall–Kier alpha value is -2.00. The summed E-state index contributed by atoms with van der Waals surface area (Å²) in [5.41, 5.74) is 2.43. The number of phenols is 2. The molecule has 0 aliphatic carbocycles. The SMILES string of the molecule is CCCCN(CCc1ccccc1)CCc1ccc(O)c(O)c1. The number of benzene rings is 2. The number of unbranched alkanes of at least 4 members (excludes halogenated alkanes) is 1. The first-order valence-corrected chi connectivity index (χ1v) is 8.46. The van der Waals surface area contributed by atoms with Gasteiger partial charge in [0.25, 0.3) is 0 Å². The summed E-state index contributed by atoms with van der Waals surface area (Å²) < 4.78 is 0. The molecule has 0 bridgehead atoms. The van der Waals surface area contributed by atoms with Gasteiger partial charge in [0.1, 0.15) is 0 Å². The Labute approximate surface area is 139 Å². The lowest BCUT2D eigenvalue weighted by Crippen LogP contribution is -2.29. The Kier molecular flexibility index (Phi) is 6.95. The molecule has 0 saturated heterocycles. The molecule has 0 amide bonds. The van der Waals surface area contributed by atoms with Gasteiger partial charge in [0, 0.05) is 13.1 Å². The van der Waals surface area contributed by atoms with Gasteiger partial charge < -0.3 is 15.1 Å². The molecule has 124 valence electrons. The maximum absolute atomic E-state index is 9.60. The highest BCUT2D eigenvalue weighted by Crippen LogP contribution is 2.25. The van der Waals surface area contributed by atoms with Crippen LogP contribution in [0.1, 0.15) is 30.9 Å². The zero-order valence-corrected chi connectivity index (χ0v) is 13.9. The Morgan fingerprint density at radius 3 is 2.13 bits per heavy atom. The Bertz CT molecular complexity index is 583. The molecule has 0 aliphatic heterocycles. The summed E-state index contributed by atoms with van der Waals surface area (Å²) in [5, 5.41) is 19.0. The minimum Gasteiger partial charge on any atom is -0.504 e. The van der Waals surface area contributed by atoms with Crippen LogP contribution in [0.3, 0.4) is 0 Å². The van der Waals surface area contributed by atoms with E-state index in [0.717, 1.165) is 38.0 Å². The van der Waals surface area contributed by atoms with Crippen LogP contribution in [0.4, 0.5) is 0 Å². The first-order valence-electron chi connectivity index (χ1n) is 8.46. The Morgan fingerprint density at radius 2 is 1.48 bits per heavy atom. The highest BCUT2D eigenvalue weighted by Gasteiger charge is 2.07. The second-order valence-corrected chi connectivity index (χ2v) is 6.00. The van der Waals surface area contributed by atoms with Crippen molar-refractivity contribution in [2.45, 2.75) is 32.6 Å². The largest absolute Gasteiger partial charge is 0.504 e. The normalized spacial score (nSPS) is 11.0. The molecule has 0 radical (unpaired) electrons. The van der Waals surface area contributed by atoms with Gasteiger partial charge in [-0.3, -0.25) is 0 Å². The van der Waals surface area contributed by atoms with E-state index < -0.39 is 0 Å². The van der Waals surface area contributed by atoms with E-state index in [-0.39, 0.29) is 11.5 Å². The molecule has 0 spiro atoms. The van der Waals surface area contributed by atoms with Crippen LogP contribution >= 0.6 is 0 Å². The maximum atomic E-state index is 9.60. The lowest BCUT2D eigenvalue weighted by molar-refractivity contribution is 0.276. The molecule has 0 unspecified atom stereocenters. The fourth-order valence-electron chi connectivity index (χ4n) is 2.66. The molecule has 0 fully saturated rings. The van der Waals surface area contributed by atoms with Crippen LogP contribution in [-0.2, 0) is 12.8 Å². The summed E-state index contributed by atoms with van der Waals surface area (Å²) >= 11 is 0. The molecule has 2 aromatic rings. The predicted octanol–water partition coefficient (Wildman–Crippen LogP) is 3.99. The maximum Gasteiger partial charge on any atom is 0.157 e. The number of hydrogen-bond donors (Lipinski definition) is 2. The lowest BCUT2D eigenvalue weighted by atomic mass is 10.1. The van der Waals surface area contributed by atoms with Gasteiger partial charge in [0.2, 0.25) is 0 Å². The van der Waals surface area contributed by atoms with Crippen LogP contribution in [0.5, 0.6) is 11.5 Å². The van der Waals surface area contributed by atoms with Crippen LogP contribution in [0.25, 0.3) is 0 Å². The summed E-state index contributed by atoms with van der Waals surface area (Å²) in [6.07, 6.45) is 4.34. The fraction of sp³-hybridized carbons (Fsp3) is 0.400. The summed E-state index contributed by atoms with van der Waals surface area (Å²) in [5.74, 6) is -0.0902. The molecule has 0 aliphatic rings. The number of nitrogens with zero attached hydrogens (tertiary/aromatic N) is 1. The summed E-state index contributed by atoms with van der Waals surface area (Å²) in [7, 11) is 0. The number of phenolic OH excluding ortho intramolecular Hbond substituents is 2. The first-order chi connectivity index (χ1) is 11.2. The second kappa shape index (κ2) is 9.21. The van der Waals surface area contributed by atoms with Gasteiger partial charge in [0.05, 0.1) is 0 Å². The van der Waals surface area contributed by atoms with Gasteiger partial charge in [-0.1, -0.05) is 49.7 Å². The number of hydrogen-bond acceptors (Lipinski definition) is 3. The third-order valence-electron chi connectivity index (χ3n) is 4.14. The van der Waals surface area contributed by atoms with E-state index in [9.17, 15) is 10.2 Å². The molecule has 0 saturated carbocycles. The van der Waals surface area contributed by atoms with Gasteiger partial charge in [-0.15, -0.1) is 0 Å². The molecule has 3 heteroatoms. The van der Waals surface area contributed by atoms with Gasteiger partial charge >= 0.3 is 0 Å². The van der Waals surface area contributed by atoms with Crippen molar-refractivity contribution in [3.05, 3.63) is 59.7 Å². The summed E-state index contributed by atoms with van der Waals surface area (Å²) in [6, 6.07) is 15.7. The fourth-order valence-corrected chi connectivity index (χ4v) is 2.66. The summed E-state index contributed by atoms with van der Waals surface area (Å²) in [6.45, 7) is 5.34. The smallest absolute Gasteiger partial charge is 0.157 e. The summed E-state index contributed by atoms with van der Waals surface area (Å²) in [4.78, 5) is 2.49. The lowest BCUT2D eigenvalue weighted by Gasteiger charge is -2.22. The van der Waals surface area contributed by atoms with Crippen LogP contribution in [0.15, 0.2) is 48.5 Å². The molecule has 2 rings (SSSR count). The van der Waals surface area contributed by atoms with Gasteiger partial charge in [0.15, 0.2) is 11.5 Å². The molecule has 23 heavy (non-hydrogen) atoms. The van der Waals surface area contributed by atoms with Crippen molar-refractivity contribution >= 4 is 0 Å². The zero-order chi connectivity index (χ0) is 16.5. The molecule has 0 aromatic heterocycles. The molecule has 2 N–H and O–H groups in total. The average molecular weight is 313 g/mol. The van der Waals surface area contributed by atoms with Crippen LogP contribution in [0, 0.1) is 0 Å². The zero-order valence-electron chi connectivity index (χ0n) is 13.9. The van der Waals surface area contributed by atoms with Crippen molar-refractivity contribution in [3.63, 3.8) is 0 Å². The minimum atomic E-state index is -0.0549. The second-order valence-electron chi connectivity index (χ2n) is 6.00. The molecule has 0 atom stereocenters. The molecular formula is C20H27NO2. The van der Waals surface area contributed by atoms with Crippen molar-refractivity contribution in [2.75, 3.05) is 19.6 Å². The van der Waals surface area contributed by atoms with E-state index in [4.69, 9.17) is 0 Å². The molecule has 0 heterocycles. The minimum absolute atomic E-state index is 0.0353. The standard InChI is InChI=1S/C20H27NO2/c1-2-3-13-21(14-11-17-7-5-4-6-8-17)15-12-18-9-10-19(22)20(23)16-18/h4-10,16,22-23H,2-3,11-15H2,1H3. The highest BCUT2D eigenvalue weighted by molar-refractivity contribution is 5.40. The third-order valence-corrected chi connectivity index (χ3v) is 4.14. The third kappa shape index (κ3) is 5.95. The van der Waals surface area contributed by atoms with Gasteiger partial charge in [-0.05, 0) is 49.1 Å². The van der Waals surface area contributed by atoms with Crippen molar-refractivity contribution in [1.82, 2.24) is 4.90 Å². The quantitative estimate of drug-likeness (QED) is 0.688. The van der Waals surface area contributed by atoms with E-state index in [1.807, 2.05) is 6.07 Å². The van der Waals surface area contributed by atoms with E-state index in [1.165, 1.54) is 18.4 Å². The first kappa shape index (κ1) is 17.4.